The minimum atomic E-state index is -0.898. The molecule has 0 aliphatic rings. The minimum absolute atomic E-state index is 0.0780. The summed E-state index contributed by atoms with van der Waals surface area (Å²) in [6, 6.07) is 3.15. The van der Waals surface area contributed by atoms with Crippen molar-refractivity contribution in [1.29, 1.82) is 0 Å². The first-order valence-electron chi connectivity index (χ1n) is 3.89. The Labute approximate surface area is 80.0 Å². The van der Waals surface area contributed by atoms with Crippen molar-refractivity contribution in [2.45, 2.75) is 6.04 Å². The van der Waals surface area contributed by atoms with Crippen LogP contribution in [0, 0.1) is 15.9 Å². The highest BCUT2D eigenvalue weighted by atomic mass is 19.1. The second-order valence-corrected chi connectivity index (χ2v) is 2.70. The van der Waals surface area contributed by atoms with E-state index in [0.29, 0.717) is 0 Å². The number of nitrogens with zero attached hydrogens (tertiary/aromatic N) is 1. The standard InChI is InChI=1S/C9H9FN2O2/c1-2-7(11)6-4-3-5-8(9(6)10)12(13)14/h2-5,7H,1,11H2/t7-/m1/s1. The molecule has 1 aromatic carbocycles. The van der Waals surface area contributed by atoms with Crippen LogP contribution in [0.5, 0.6) is 0 Å². The van der Waals surface area contributed by atoms with E-state index >= 15 is 0 Å². The SMILES string of the molecule is C=C[C@@H](N)c1cccc([N+](=O)[O-])c1F. The van der Waals surface area contributed by atoms with E-state index in [1.807, 2.05) is 0 Å². The van der Waals surface area contributed by atoms with Gasteiger partial charge in [-0.15, -0.1) is 6.58 Å². The molecule has 0 radical (unpaired) electrons. The van der Waals surface area contributed by atoms with Crippen LogP contribution in [-0.4, -0.2) is 4.92 Å². The molecule has 0 aliphatic carbocycles. The van der Waals surface area contributed by atoms with Crippen LogP contribution in [0.2, 0.25) is 0 Å². The smallest absolute Gasteiger partial charge is 0.305 e. The van der Waals surface area contributed by atoms with Gasteiger partial charge in [0.15, 0.2) is 0 Å². The molecule has 0 heterocycles. The molecular weight excluding hydrogens is 187 g/mol. The predicted octanol–water partition coefficient (Wildman–Crippen LogP) is 1.92. The summed E-state index contributed by atoms with van der Waals surface area (Å²) in [6.07, 6.45) is 1.32. The summed E-state index contributed by atoms with van der Waals surface area (Å²) in [4.78, 5) is 9.60. The molecule has 14 heavy (non-hydrogen) atoms. The van der Waals surface area contributed by atoms with E-state index in [9.17, 15) is 14.5 Å². The van der Waals surface area contributed by atoms with E-state index < -0.39 is 22.5 Å². The van der Waals surface area contributed by atoms with Crippen molar-refractivity contribution >= 4 is 5.69 Å². The summed E-state index contributed by atoms with van der Waals surface area (Å²) >= 11 is 0. The first kappa shape index (κ1) is 10.3. The fraction of sp³-hybridized carbons (Fsp3) is 0.111. The summed E-state index contributed by atoms with van der Waals surface area (Å²) in [5.41, 5.74) is 4.99. The molecule has 0 saturated carbocycles. The molecule has 0 unspecified atom stereocenters. The van der Waals surface area contributed by atoms with Gasteiger partial charge in [-0.25, -0.2) is 0 Å². The topological polar surface area (TPSA) is 69.2 Å². The van der Waals surface area contributed by atoms with Gasteiger partial charge in [0.05, 0.1) is 11.0 Å². The second-order valence-electron chi connectivity index (χ2n) is 2.70. The average molecular weight is 196 g/mol. The number of benzene rings is 1. The van der Waals surface area contributed by atoms with Gasteiger partial charge in [0, 0.05) is 11.6 Å². The van der Waals surface area contributed by atoms with E-state index in [2.05, 4.69) is 6.58 Å². The zero-order chi connectivity index (χ0) is 10.7. The van der Waals surface area contributed by atoms with Gasteiger partial charge in [-0.2, -0.15) is 4.39 Å². The minimum Gasteiger partial charge on any atom is -0.321 e. The van der Waals surface area contributed by atoms with Crippen molar-refractivity contribution in [2.24, 2.45) is 5.73 Å². The Morgan fingerprint density at radius 1 is 1.64 bits per heavy atom. The molecule has 2 N–H and O–H groups in total. The lowest BCUT2D eigenvalue weighted by Crippen LogP contribution is -2.09. The summed E-state index contributed by atoms with van der Waals surface area (Å²) in [5, 5.41) is 10.4. The average Bonchev–Trinajstić information content (AvgIpc) is 2.16. The van der Waals surface area contributed by atoms with Crippen molar-refractivity contribution in [3.63, 3.8) is 0 Å². The molecule has 0 aliphatic heterocycles. The lowest BCUT2D eigenvalue weighted by atomic mass is 10.1. The van der Waals surface area contributed by atoms with Crippen LogP contribution in [0.1, 0.15) is 11.6 Å². The monoisotopic (exact) mass is 196 g/mol. The van der Waals surface area contributed by atoms with Gasteiger partial charge in [0.2, 0.25) is 5.82 Å². The van der Waals surface area contributed by atoms with E-state index in [4.69, 9.17) is 5.73 Å². The largest absolute Gasteiger partial charge is 0.321 e. The number of nitro benzene ring substituents is 1. The Hall–Kier alpha value is -1.75. The molecule has 0 amide bonds. The van der Waals surface area contributed by atoms with Crippen molar-refractivity contribution in [3.05, 3.63) is 52.3 Å². The number of nitro groups is 1. The molecule has 1 rings (SSSR count). The Bertz CT molecular complexity index is 379. The van der Waals surface area contributed by atoms with Crippen LogP contribution in [0.25, 0.3) is 0 Å². The summed E-state index contributed by atoms with van der Waals surface area (Å²) < 4.78 is 13.4. The molecule has 0 spiro atoms. The fourth-order valence-electron chi connectivity index (χ4n) is 1.06. The molecule has 4 nitrogen and oxygen atoms in total. The lowest BCUT2D eigenvalue weighted by Gasteiger charge is -2.07. The molecule has 0 aromatic heterocycles. The number of rotatable bonds is 3. The molecule has 0 fully saturated rings. The predicted molar refractivity (Wildman–Crippen MR) is 50.2 cm³/mol. The van der Waals surface area contributed by atoms with Gasteiger partial charge >= 0.3 is 5.69 Å². The number of nitrogens with two attached hydrogens (primary N) is 1. The third-order valence-corrected chi connectivity index (χ3v) is 1.82. The molecule has 5 heteroatoms. The van der Waals surface area contributed by atoms with E-state index in [0.717, 1.165) is 6.07 Å². The molecule has 1 aromatic rings. The van der Waals surface area contributed by atoms with Crippen LogP contribution in [0.15, 0.2) is 30.9 Å². The van der Waals surface area contributed by atoms with Crippen LogP contribution in [0.4, 0.5) is 10.1 Å². The maximum absolute atomic E-state index is 13.4. The van der Waals surface area contributed by atoms with E-state index in [1.165, 1.54) is 18.2 Å². The Morgan fingerprint density at radius 3 is 2.79 bits per heavy atom. The van der Waals surface area contributed by atoms with Gasteiger partial charge in [0.1, 0.15) is 0 Å². The summed E-state index contributed by atoms with van der Waals surface area (Å²) in [5.74, 6) is -0.898. The molecular formula is C9H9FN2O2. The van der Waals surface area contributed by atoms with Gasteiger partial charge in [-0.05, 0) is 0 Å². The van der Waals surface area contributed by atoms with E-state index in [-0.39, 0.29) is 5.56 Å². The van der Waals surface area contributed by atoms with Crippen molar-refractivity contribution in [1.82, 2.24) is 0 Å². The Balaban J connectivity index is 3.26. The van der Waals surface area contributed by atoms with Crippen LogP contribution >= 0.6 is 0 Å². The van der Waals surface area contributed by atoms with Crippen LogP contribution in [-0.2, 0) is 0 Å². The van der Waals surface area contributed by atoms with Crippen molar-refractivity contribution in [3.8, 4) is 0 Å². The number of hydrogen-bond acceptors (Lipinski definition) is 3. The highest BCUT2D eigenvalue weighted by Crippen LogP contribution is 2.24. The maximum atomic E-state index is 13.4. The summed E-state index contributed by atoms with van der Waals surface area (Å²) in [6.45, 7) is 3.39. The van der Waals surface area contributed by atoms with Gasteiger partial charge in [-0.3, -0.25) is 10.1 Å². The number of hydrogen-bond donors (Lipinski definition) is 1. The zero-order valence-corrected chi connectivity index (χ0v) is 7.31. The van der Waals surface area contributed by atoms with Gasteiger partial charge in [-0.1, -0.05) is 18.2 Å². The fourth-order valence-corrected chi connectivity index (χ4v) is 1.06. The first-order chi connectivity index (χ1) is 6.57. The molecule has 0 saturated heterocycles. The normalized spacial score (nSPS) is 12.1. The summed E-state index contributed by atoms with van der Waals surface area (Å²) in [7, 11) is 0. The molecule has 0 bridgehead atoms. The quantitative estimate of drug-likeness (QED) is 0.456. The first-order valence-corrected chi connectivity index (χ1v) is 3.89. The third-order valence-electron chi connectivity index (χ3n) is 1.82. The zero-order valence-electron chi connectivity index (χ0n) is 7.31. The third kappa shape index (κ3) is 1.77. The van der Waals surface area contributed by atoms with Crippen LogP contribution in [0.3, 0.4) is 0 Å². The van der Waals surface area contributed by atoms with Crippen LogP contribution < -0.4 is 5.73 Å². The maximum Gasteiger partial charge on any atom is 0.305 e. The van der Waals surface area contributed by atoms with Crippen molar-refractivity contribution in [2.75, 3.05) is 0 Å². The van der Waals surface area contributed by atoms with E-state index in [1.54, 1.807) is 0 Å². The second kappa shape index (κ2) is 3.97. The van der Waals surface area contributed by atoms with Gasteiger partial charge in [0.25, 0.3) is 0 Å². The highest BCUT2D eigenvalue weighted by molar-refractivity contribution is 5.39. The lowest BCUT2D eigenvalue weighted by molar-refractivity contribution is -0.387. The van der Waals surface area contributed by atoms with Crippen molar-refractivity contribution < 1.29 is 9.31 Å². The van der Waals surface area contributed by atoms with Gasteiger partial charge < -0.3 is 5.73 Å². The molecule has 74 valence electrons. The highest BCUT2D eigenvalue weighted by Gasteiger charge is 2.19. The number of halogens is 1. The molecule has 1 atom stereocenters. The Kier molecular flexibility index (Phi) is 2.93. The Morgan fingerprint density at radius 2 is 2.29 bits per heavy atom.